The highest BCUT2D eigenvalue weighted by Crippen LogP contribution is 2.34. The van der Waals surface area contributed by atoms with E-state index in [9.17, 15) is 4.79 Å². The van der Waals surface area contributed by atoms with Gasteiger partial charge in [0.2, 0.25) is 0 Å². The summed E-state index contributed by atoms with van der Waals surface area (Å²) in [6, 6.07) is 7.62. The van der Waals surface area contributed by atoms with Crippen LogP contribution in [-0.2, 0) is 11.8 Å². The van der Waals surface area contributed by atoms with Gasteiger partial charge in [-0.25, -0.2) is 0 Å². The van der Waals surface area contributed by atoms with E-state index in [1.165, 1.54) is 0 Å². The summed E-state index contributed by atoms with van der Waals surface area (Å²) >= 11 is 0. The molecule has 1 fully saturated rings. The molecular formula is C18H19N5O2. The quantitative estimate of drug-likeness (QED) is 0.730. The number of benzene rings is 1. The van der Waals surface area contributed by atoms with E-state index in [-0.39, 0.29) is 18.1 Å². The highest BCUT2D eigenvalue weighted by Gasteiger charge is 2.39. The first-order valence-corrected chi connectivity index (χ1v) is 8.19. The molecule has 2 aromatic heterocycles. The fourth-order valence-corrected chi connectivity index (χ4v) is 3.47. The van der Waals surface area contributed by atoms with Gasteiger partial charge in [0.25, 0.3) is 5.91 Å². The highest BCUT2D eigenvalue weighted by atomic mass is 16.5. The van der Waals surface area contributed by atoms with Crippen LogP contribution >= 0.6 is 0 Å². The molecule has 0 saturated carbocycles. The zero-order valence-electron chi connectivity index (χ0n) is 14.2. The average molecular weight is 337 g/mol. The molecule has 3 aromatic rings. The summed E-state index contributed by atoms with van der Waals surface area (Å²) in [4.78, 5) is 19.4. The van der Waals surface area contributed by atoms with Gasteiger partial charge in [0.1, 0.15) is 6.33 Å². The van der Waals surface area contributed by atoms with Crippen molar-refractivity contribution in [2.45, 2.75) is 18.6 Å². The number of carbonyl (C=O) groups excluding carboxylic acids is 1. The maximum atomic E-state index is 13.3. The Morgan fingerprint density at radius 1 is 1.28 bits per heavy atom. The van der Waals surface area contributed by atoms with Crippen molar-refractivity contribution in [2.75, 3.05) is 13.7 Å². The zero-order chi connectivity index (χ0) is 17.4. The summed E-state index contributed by atoms with van der Waals surface area (Å²) in [7, 11) is 3.56. The third-order valence-corrected chi connectivity index (χ3v) is 4.80. The fourth-order valence-electron chi connectivity index (χ4n) is 3.47. The molecule has 0 N–H and O–H groups in total. The van der Waals surface area contributed by atoms with Crippen molar-refractivity contribution < 1.29 is 9.53 Å². The van der Waals surface area contributed by atoms with E-state index in [1.54, 1.807) is 25.8 Å². The number of aryl methyl sites for hydroxylation is 1. The third-order valence-electron chi connectivity index (χ3n) is 4.80. The number of methoxy groups -OCH3 is 1. The van der Waals surface area contributed by atoms with Gasteiger partial charge in [0.05, 0.1) is 17.7 Å². The second-order valence-corrected chi connectivity index (χ2v) is 6.27. The van der Waals surface area contributed by atoms with Crippen LogP contribution in [0.4, 0.5) is 0 Å². The van der Waals surface area contributed by atoms with Gasteiger partial charge in [-0.05, 0) is 5.39 Å². The second-order valence-electron chi connectivity index (χ2n) is 6.27. The zero-order valence-corrected chi connectivity index (χ0v) is 14.2. The minimum atomic E-state index is -0.163. The van der Waals surface area contributed by atoms with Crippen molar-refractivity contribution in [3.63, 3.8) is 0 Å². The number of rotatable bonds is 3. The fraction of sp³-hybridized carbons (Fsp3) is 0.333. The minimum Gasteiger partial charge on any atom is -0.380 e. The normalized spacial score (nSPS) is 20.3. The molecule has 1 saturated heterocycles. The van der Waals surface area contributed by atoms with Crippen molar-refractivity contribution >= 4 is 16.7 Å². The number of carbonyl (C=O) groups is 1. The lowest BCUT2D eigenvalue weighted by molar-refractivity contribution is 0.0684. The van der Waals surface area contributed by atoms with Gasteiger partial charge in [-0.3, -0.25) is 9.78 Å². The first-order chi connectivity index (χ1) is 12.2. The predicted molar refractivity (Wildman–Crippen MR) is 91.9 cm³/mol. The smallest absolute Gasteiger partial charge is 0.256 e. The Bertz CT molecular complexity index is 917. The van der Waals surface area contributed by atoms with Crippen LogP contribution in [0, 0.1) is 0 Å². The van der Waals surface area contributed by atoms with Crippen LogP contribution < -0.4 is 0 Å². The molecule has 4 rings (SSSR count). The summed E-state index contributed by atoms with van der Waals surface area (Å²) in [5, 5.41) is 10.0. The summed E-state index contributed by atoms with van der Waals surface area (Å²) < 4.78 is 7.37. The van der Waals surface area contributed by atoms with Crippen LogP contribution in [-0.4, -0.2) is 50.3 Å². The van der Waals surface area contributed by atoms with Crippen molar-refractivity contribution in [2.24, 2.45) is 7.05 Å². The Hall–Kier alpha value is -2.80. The maximum absolute atomic E-state index is 13.3. The van der Waals surface area contributed by atoms with Gasteiger partial charge >= 0.3 is 0 Å². The molecule has 1 amide bonds. The van der Waals surface area contributed by atoms with Gasteiger partial charge in [-0.2, -0.15) is 0 Å². The van der Waals surface area contributed by atoms with E-state index < -0.39 is 0 Å². The van der Waals surface area contributed by atoms with Gasteiger partial charge in [0, 0.05) is 44.9 Å². The first kappa shape index (κ1) is 15.7. The van der Waals surface area contributed by atoms with Crippen LogP contribution in [0.15, 0.2) is 43.0 Å². The summed E-state index contributed by atoms with van der Waals surface area (Å²) in [5.41, 5.74) is 0.599. The lowest BCUT2D eigenvalue weighted by Gasteiger charge is -2.24. The van der Waals surface area contributed by atoms with Crippen LogP contribution in [0.5, 0.6) is 0 Å². The average Bonchev–Trinajstić information content (AvgIpc) is 3.26. The van der Waals surface area contributed by atoms with E-state index in [0.29, 0.717) is 18.5 Å². The molecule has 0 spiro atoms. The summed E-state index contributed by atoms with van der Waals surface area (Å²) in [6.45, 7) is 0.524. The molecule has 0 aliphatic carbocycles. The molecule has 3 heterocycles. The second kappa shape index (κ2) is 6.25. The molecule has 2 atom stereocenters. The number of aromatic nitrogens is 4. The molecular weight excluding hydrogens is 318 g/mol. The molecule has 1 aliphatic heterocycles. The largest absolute Gasteiger partial charge is 0.380 e. The van der Waals surface area contributed by atoms with Gasteiger partial charge in [-0.1, -0.05) is 24.3 Å². The number of amides is 1. The van der Waals surface area contributed by atoms with Crippen molar-refractivity contribution in [1.29, 1.82) is 0 Å². The van der Waals surface area contributed by atoms with Crippen LogP contribution in [0.3, 0.4) is 0 Å². The van der Waals surface area contributed by atoms with E-state index in [0.717, 1.165) is 16.6 Å². The number of pyridine rings is 1. The number of hydrogen-bond donors (Lipinski definition) is 0. The van der Waals surface area contributed by atoms with Gasteiger partial charge < -0.3 is 14.2 Å². The van der Waals surface area contributed by atoms with Gasteiger partial charge in [-0.15, -0.1) is 10.2 Å². The van der Waals surface area contributed by atoms with Crippen LogP contribution in [0.2, 0.25) is 0 Å². The van der Waals surface area contributed by atoms with E-state index in [1.807, 2.05) is 40.8 Å². The monoisotopic (exact) mass is 337 g/mol. The number of fused-ring (bicyclic) bond motifs is 1. The molecule has 0 radical (unpaired) electrons. The Morgan fingerprint density at radius 2 is 2.12 bits per heavy atom. The number of likely N-dealkylation sites (tertiary alicyclic amines) is 1. The predicted octanol–water partition coefficient (Wildman–Crippen LogP) is 1.97. The van der Waals surface area contributed by atoms with Crippen LogP contribution in [0.1, 0.15) is 28.6 Å². The molecule has 0 bridgehead atoms. The van der Waals surface area contributed by atoms with Crippen molar-refractivity contribution in [3.8, 4) is 0 Å². The summed E-state index contributed by atoms with van der Waals surface area (Å²) in [6.07, 6.45) is 5.74. The first-order valence-electron chi connectivity index (χ1n) is 8.19. The number of ether oxygens (including phenoxy) is 1. The molecule has 0 unspecified atom stereocenters. The van der Waals surface area contributed by atoms with Crippen molar-refractivity contribution in [1.82, 2.24) is 24.6 Å². The number of nitrogens with zero attached hydrogens (tertiary/aromatic N) is 5. The minimum absolute atomic E-state index is 0.0198. The highest BCUT2D eigenvalue weighted by molar-refractivity contribution is 6.06. The molecule has 25 heavy (non-hydrogen) atoms. The topological polar surface area (TPSA) is 73.1 Å². The standard InChI is InChI=1S/C18H19N5O2/c1-22-11-20-21-17(22)16-7-13(25-2)10-23(16)18(24)15-9-19-8-12-5-3-4-6-14(12)15/h3-6,8-9,11,13,16H,7,10H2,1-2H3/t13-,16+/m1/s1. The summed E-state index contributed by atoms with van der Waals surface area (Å²) in [5.74, 6) is 0.706. The van der Waals surface area contributed by atoms with E-state index in [4.69, 9.17) is 4.74 Å². The molecule has 128 valence electrons. The van der Waals surface area contributed by atoms with E-state index >= 15 is 0 Å². The van der Waals surface area contributed by atoms with E-state index in [2.05, 4.69) is 15.2 Å². The number of hydrogen-bond acceptors (Lipinski definition) is 5. The van der Waals surface area contributed by atoms with Crippen LogP contribution in [0.25, 0.3) is 10.8 Å². The molecule has 1 aromatic carbocycles. The Labute approximate surface area is 145 Å². The molecule has 1 aliphatic rings. The molecule has 7 heteroatoms. The Morgan fingerprint density at radius 3 is 2.88 bits per heavy atom. The SMILES string of the molecule is CO[C@@H]1C[C@@H](c2nncn2C)N(C(=O)c2cncc3ccccc23)C1. The van der Waals surface area contributed by atoms with Crippen molar-refractivity contribution in [3.05, 3.63) is 54.4 Å². The lowest BCUT2D eigenvalue weighted by Crippen LogP contribution is -2.33. The van der Waals surface area contributed by atoms with Gasteiger partial charge in [0.15, 0.2) is 5.82 Å². The Balaban J connectivity index is 1.75. The third kappa shape index (κ3) is 2.66. The lowest BCUT2D eigenvalue weighted by atomic mass is 10.1. The Kier molecular flexibility index (Phi) is 3.93. The molecule has 7 nitrogen and oxygen atoms in total. The maximum Gasteiger partial charge on any atom is 0.256 e.